The van der Waals surface area contributed by atoms with Gasteiger partial charge in [-0.2, -0.15) is 0 Å². The zero-order valence-electron chi connectivity index (χ0n) is 7.00. The number of halogens is 2. The van der Waals surface area contributed by atoms with Crippen LogP contribution in [0.1, 0.15) is 24.4 Å². The zero-order valence-corrected chi connectivity index (χ0v) is 10.2. The van der Waals surface area contributed by atoms with Crippen molar-refractivity contribution in [3.8, 4) is 0 Å². The molecule has 70 valence electrons. The molecular formula is C9H10Br2N2. The Labute approximate surface area is 94.2 Å². The summed E-state index contributed by atoms with van der Waals surface area (Å²) in [5.74, 6) is 0.676. The standard InChI is InChI=1S/C9H10Br2N2/c10-7-3-6(4-13-9(7)11)8(12)5-1-2-5/h3-5,8H,1-2,12H2/t8-/m1/s1. The van der Waals surface area contributed by atoms with E-state index in [1.807, 2.05) is 12.3 Å². The molecule has 4 heteroatoms. The molecule has 1 saturated carbocycles. The Balaban J connectivity index is 2.24. The van der Waals surface area contributed by atoms with Crippen LogP contribution in [0.3, 0.4) is 0 Å². The number of nitrogens with zero attached hydrogens (tertiary/aromatic N) is 1. The molecule has 0 bridgehead atoms. The van der Waals surface area contributed by atoms with Gasteiger partial charge in [0.2, 0.25) is 0 Å². The fourth-order valence-electron chi connectivity index (χ4n) is 1.35. The van der Waals surface area contributed by atoms with E-state index in [2.05, 4.69) is 36.8 Å². The van der Waals surface area contributed by atoms with Crippen molar-refractivity contribution in [3.63, 3.8) is 0 Å². The maximum absolute atomic E-state index is 6.04. The quantitative estimate of drug-likeness (QED) is 0.853. The number of rotatable bonds is 2. The number of hydrogen-bond donors (Lipinski definition) is 1. The molecule has 1 fully saturated rings. The Bertz CT molecular complexity index is 323. The summed E-state index contributed by atoms with van der Waals surface area (Å²) in [6, 6.07) is 2.21. The SMILES string of the molecule is N[C@@H](c1cnc(Br)c(Br)c1)C1CC1. The van der Waals surface area contributed by atoms with E-state index in [9.17, 15) is 0 Å². The van der Waals surface area contributed by atoms with Gasteiger partial charge in [0.25, 0.3) is 0 Å². The highest BCUT2D eigenvalue weighted by Crippen LogP contribution is 2.40. The molecule has 1 aliphatic carbocycles. The van der Waals surface area contributed by atoms with Crippen LogP contribution in [0, 0.1) is 5.92 Å². The van der Waals surface area contributed by atoms with Gasteiger partial charge in [-0.05, 0) is 62.2 Å². The smallest absolute Gasteiger partial charge is 0.120 e. The van der Waals surface area contributed by atoms with E-state index in [4.69, 9.17) is 5.73 Å². The first-order valence-electron chi connectivity index (χ1n) is 4.25. The maximum atomic E-state index is 6.04. The molecule has 2 rings (SSSR count). The van der Waals surface area contributed by atoms with Crippen LogP contribution in [-0.4, -0.2) is 4.98 Å². The van der Waals surface area contributed by atoms with Crippen LogP contribution >= 0.6 is 31.9 Å². The van der Waals surface area contributed by atoms with E-state index in [1.54, 1.807) is 0 Å². The molecule has 0 radical (unpaired) electrons. The molecule has 0 spiro atoms. The van der Waals surface area contributed by atoms with Gasteiger partial charge < -0.3 is 5.73 Å². The molecule has 0 aliphatic heterocycles. The average molecular weight is 306 g/mol. The Morgan fingerprint density at radius 1 is 1.46 bits per heavy atom. The van der Waals surface area contributed by atoms with E-state index < -0.39 is 0 Å². The lowest BCUT2D eigenvalue weighted by molar-refractivity contribution is 0.630. The largest absolute Gasteiger partial charge is 0.324 e. The van der Waals surface area contributed by atoms with E-state index in [1.165, 1.54) is 12.8 Å². The van der Waals surface area contributed by atoms with Gasteiger partial charge in [-0.25, -0.2) is 4.98 Å². The van der Waals surface area contributed by atoms with Crippen molar-refractivity contribution in [1.29, 1.82) is 0 Å². The summed E-state index contributed by atoms with van der Waals surface area (Å²) < 4.78 is 1.81. The third kappa shape index (κ3) is 2.11. The number of hydrogen-bond acceptors (Lipinski definition) is 2. The van der Waals surface area contributed by atoms with Crippen LogP contribution in [0.25, 0.3) is 0 Å². The van der Waals surface area contributed by atoms with Crippen LogP contribution < -0.4 is 5.73 Å². The second-order valence-electron chi connectivity index (χ2n) is 3.40. The molecule has 1 aromatic rings. The highest BCUT2D eigenvalue weighted by molar-refractivity contribution is 9.13. The van der Waals surface area contributed by atoms with Crippen LogP contribution in [-0.2, 0) is 0 Å². The first kappa shape index (κ1) is 9.62. The van der Waals surface area contributed by atoms with Crippen LogP contribution in [0.15, 0.2) is 21.3 Å². The van der Waals surface area contributed by atoms with Gasteiger partial charge in [0.05, 0.1) is 4.47 Å². The van der Waals surface area contributed by atoms with Crippen LogP contribution in [0.4, 0.5) is 0 Å². The molecular weight excluding hydrogens is 296 g/mol. The van der Waals surface area contributed by atoms with Gasteiger partial charge in [-0.3, -0.25) is 0 Å². The van der Waals surface area contributed by atoms with Crippen LogP contribution in [0.5, 0.6) is 0 Å². The van der Waals surface area contributed by atoms with Crippen molar-refractivity contribution in [2.24, 2.45) is 11.7 Å². The summed E-state index contributed by atoms with van der Waals surface area (Å²) in [5, 5.41) is 0. The molecule has 1 atom stereocenters. The minimum atomic E-state index is 0.164. The van der Waals surface area contributed by atoms with Gasteiger partial charge >= 0.3 is 0 Å². The van der Waals surface area contributed by atoms with E-state index in [0.29, 0.717) is 5.92 Å². The van der Waals surface area contributed by atoms with E-state index in [0.717, 1.165) is 14.6 Å². The number of aromatic nitrogens is 1. The average Bonchev–Trinajstić information content (AvgIpc) is 2.91. The summed E-state index contributed by atoms with van der Waals surface area (Å²) in [6.07, 6.45) is 4.36. The zero-order chi connectivity index (χ0) is 9.42. The lowest BCUT2D eigenvalue weighted by Gasteiger charge is -2.10. The van der Waals surface area contributed by atoms with E-state index in [-0.39, 0.29) is 6.04 Å². The monoisotopic (exact) mass is 304 g/mol. The van der Waals surface area contributed by atoms with Gasteiger partial charge in [-0.15, -0.1) is 0 Å². The van der Waals surface area contributed by atoms with Gasteiger partial charge in [-0.1, -0.05) is 0 Å². The predicted molar refractivity (Wildman–Crippen MR) is 59.3 cm³/mol. The molecule has 1 aliphatic rings. The predicted octanol–water partition coefficient (Wildman–Crippen LogP) is 3.02. The van der Waals surface area contributed by atoms with Gasteiger partial charge in [0, 0.05) is 12.2 Å². The van der Waals surface area contributed by atoms with Crippen molar-refractivity contribution >= 4 is 31.9 Å². The van der Waals surface area contributed by atoms with Crippen molar-refractivity contribution in [3.05, 3.63) is 26.9 Å². The number of nitrogens with two attached hydrogens (primary N) is 1. The topological polar surface area (TPSA) is 38.9 Å². The Morgan fingerprint density at radius 2 is 2.15 bits per heavy atom. The molecule has 0 aromatic carbocycles. The molecule has 1 heterocycles. The van der Waals surface area contributed by atoms with Crippen molar-refractivity contribution < 1.29 is 0 Å². The summed E-state index contributed by atoms with van der Waals surface area (Å²) in [7, 11) is 0. The lowest BCUT2D eigenvalue weighted by atomic mass is 10.1. The lowest BCUT2D eigenvalue weighted by Crippen LogP contribution is -2.12. The second-order valence-corrected chi connectivity index (χ2v) is 5.01. The highest BCUT2D eigenvalue weighted by Gasteiger charge is 2.29. The summed E-state index contributed by atoms with van der Waals surface area (Å²) in [6.45, 7) is 0. The Hall–Kier alpha value is 0.0700. The summed E-state index contributed by atoms with van der Waals surface area (Å²) in [5.41, 5.74) is 7.17. The fraction of sp³-hybridized carbons (Fsp3) is 0.444. The second kappa shape index (κ2) is 3.67. The maximum Gasteiger partial charge on any atom is 0.120 e. The summed E-state index contributed by atoms with van der Waals surface area (Å²) >= 11 is 6.75. The fourth-order valence-corrected chi connectivity index (χ4v) is 1.93. The minimum absolute atomic E-state index is 0.164. The highest BCUT2D eigenvalue weighted by atomic mass is 79.9. The third-order valence-corrected chi connectivity index (χ3v) is 4.10. The third-order valence-electron chi connectivity index (χ3n) is 2.33. The summed E-state index contributed by atoms with van der Waals surface area (Å²) in [4.78, 5) is 4.20. The minimum Gasteiger partial charge on any atom is -0.324 e. The number of pyridine rings is 1. The Morgan fingerprint density at radius 3 is 2.69 bits per heavy atom. The molecule has 13 heavy (non-hydrogen) atoms. The molecule has 2 nitrogen and oxygen atoms in total. The molecule has 2 N–H and O–H groups in total. The molecule has 1 aromatic heterocycles. The van der Waals surface area contributed by atoms with E-state index >= 15 is 0 Å². The van der Waals surface area contributed by atoms with Crippen molar-refractivity contribution in [2.45, 2.75) is 18.9 Å². The Kier molecular flexibility index (Phi) is 2.72. The van der Waals surface area contributed by atoms with Crippen LogP contribution in [0.2, 0.25) is 0 Å². The first-order chi connectivity index (χ1) is 6.18. The molecule has 0 saturated heterocycles. The van der Waals surface area contributed by atoms with Gasteiger partial charge in [0.15, 0.2) is 0 Å². The van der Waals surface area contributed by atoms with Crippen molar-refractivity contribution in [1.82, 2.24) is 4.98 Å². The normalized spacial score (nSPS) is 18.7. The first-order valence-corrected chi connectivity index (χ1v) is 5.83. The molecule has 0 unspecified atom stereocenters. The van der Waals surface area contributed by atoms with Gasteiger partial charge in [0.1, 0.15) is 4.60 Å². The molecule has 0 amide bonds. The van der Waals surface area contributed by atoms with Crippen molar-refractivity contribution in [2.75, 3.05) is 0 Å².